The number of carbonyl (C=O) groups excluding carboxylic acids is 1. The zero-order valence-corrected chi connectivity index (χ0v) is 11.4. The highest BCUT2D eigenvalue weighted by molar-refractivity contribution is 8.23. The largest absolute Gasteiger partial charge is 0.484 e. The first-order chi connectivity index (χ1) is 9.08. The molecule has 1 saturated heterocycles. The van der Waals surface area contributed by atoms with Crippen LogP contribution in [0.3, 0.4) is 0 Å². The van der Waals surface area contributed by atoms with E-state index in [9.17, 15) is 14.9 Å². The maximum Gasteiger partial charge on any atom is 0.269 e. The van der Waals surface area contributed by atoms with Crippen molar-refractivity contribution in [1.82, 2.24) is 4.90 Å². The lowest BCUT2D eigenvalue weighted by Crippen LogP contribution is -2.34. The van der Waals surface area contributed by atoms with E-state index in [2.05, 4.69) is 0 Å². The van der Waals surface area contributed by atoms with E-state index in [1.54, 1.807) is 0 Å². The van der Waals surface area contributed by atoms with Gasteiger partial charge in [0.1, 0.15) is 10.1 Å². The van der Waals surface area contributed by atoms with Crippen molar-refractivity contribution in [3.63, 3.8) is 0 Å². The number of rotatable bonds is 4. The van der Waals surface area contributed by atoms with Crippen LogP contribution >= 0.6 is 24.0 Å². The van der Waals surface area contributed by atoms with Gasteiger partial charge < -0.3 is 4.74 Å². The van der Waals surface area contributed by atoms with Crippen LogP contribution in [0, 0.1) is 10.1 Å². The molecule has 1 aliphatic heterocycles. The Labute approximate surface area is 118 Å². The van der Waals surface area contributed by atoms with Gasteiger partial charge in [-0.15, -0.1) is 0 Å². The lowest BCUT2D eigenvalue weighted by molar-refractivity contribution is -0.384. The monoisotopic (exact) mass is 298 g/mol. The van der Waals surface area contributed by atoms with Gasteiger partial charge >= 0.3 is 0 Å². The van der Waals surface area contributed by atoms with Crippen LogP contribution in [-0.2, 0) is 4.79 Å². The van der Waals surface area contributed by atoms with E-state index in [-0.39, 0.29) is 18.2 Å². The molecule has 0 radical (unpaired) electrons. The Morgan fingerprint density at radius 3 is 2.68 bits per heavy atom. The van der Waals surface area contributed by atoms with Crippen molar-refractivity contribution in [3.05, 3.63) is 34.4 Å². The van der Waals surface area contributed by atoms with Gasteiger partial charge in [-0.25, -0.2) is 0 Å². The molecule has 0 atom stereocenters. The molecule has 1 aromatic carbocycles. The third-order valence-corrected chi connectivity index (χ3v) is 3.90. The average molecular weight is 298 g/mol. The van der Waals surface area contributed by atoms with Crippen LogP contribution < -0.4 is 4.74 Å². The maximum atomic E-state index is 11.8. The van der Waals surface area contributed by atoms with Gasteiger partial charge in [0.2, 0.25) is 0 Å². The van der Waals surface area contributed by atoms with Crippen molar-refractivity contribution in [3.8, 4) is 5.75 Å². The smallest absolute Gasteiger partial charge is 0.269 e. The second-order valence-corrected chi connectivity index (χ2v) is 5.43. The molecule has 19 heavy (non-hydrogen) atoms. The minimum Gasteiger partial charge on any atom is -0.484 e. The van der Waals surface area contributed by atoms with Gasteiger partial charge in [-0.3, -0.25) is 19.8 Å². The van der Waals surface area contributed by atoms with E-state index in [1.165, 1.54) is 40.9 Å². The highest BCUT2D eigenvalue weighted by Crippen LogP contribution is 2.19. The summed E-state index contributed by atoms with van der Waals surface area (Å²) in [6.45, 7) is 0.477. The number of hydrogen-bond acceptors (Lipinski definition) is 6. The number of thiocarbonyl (C=S) groups is 1. The first kappa shape index (κ1) is 13.8. The van der Waals surface area contributed by atoms with Gasteiger partial charge in [0, 0.05) is 24.4 Å². The Morgan fingerprint density at radius 1 is 1.47 bits per heavy atom. The molecule has 1 fully saturated rings. The second kappa shape index (κ2) is 5.98. The van der Waals surface area contributed by atoms with Crippen LogP contribution in [0.25, 0.3) is 0 Å². The minimum absolute atomic E-state index is 0.0178. The molecule has 6 nitrogen and oxygen atoms in total. The SMILES string of the molecule is O=C(COc1ccc([N+](=O)[O-])cc1)N1CCSC1=S. The summed E-state index contributed by atoms with van der Waals surface area (Å²) in [5, 5.41) is 10.5. The molecule has 0 saturated carbocycles. The lowest BCUT2D eigenvalue weighted by Gasteiger charge is -2.14. The minimum atomic E-state index is -0.491. The predicted octanol–water partition coefficient (Wildman–Crippen LogP) is 1.83. The van der Waals surface area contributed by atoms with Gasteiger partial charge in [-0.05, 0) is 12.1 Å². The molecular formula is C11H10N2O4S2. The van der Waals surface area contributed by atoms with Gasteiger partial charge in [0.15, 0.2) is 6.61 Å². The Morgan fingerprint density at radius 2 is 2.16 bits per heavy atom. The first-order valence-corrected chi connectivity index (χ1v) is 6.81. The second-order valence-electron chi connectivity index (χ2n) is 3.70. The highest BCUT2D eigenvalue weighted by Gasteiger charge is 2.24. The summed E-state index contributed by atoms with van der Waals surface area (Å²) in [6.07, 6.45) is 0. The number of thioether (sulfide) groups is 1. The van der Waals surface area contributed by atoms with Crippen molar-refractivity contribution < 1.29 is 14.5 Å². The Balaban J connectivity index is 1.89. The summed E-state index contributed by atoms with van der Waals surface area (Å²) >= 11 is 6.50. The number of ether oxygens (including phenoxy) is 1. The molecule has 0 N–H and O–H groups in total. The van der Waals surface area contributed by atoms with Crippen molar-refractivity contribution in [2.24, 2.45) is 0 Å². The predicted molar refractivity (Wildman–Crippen MR) is 75.4 cm³/mol. The van der Waals surface area contributed by atoms with Gasteiger partial charge in [0.25, 0.3) is 11.6 Å². The number of nitro groups is 1. The fourth-order valence-electron chi connectivity index (χ4n) is 1.51. The van der Waals surface area contributed by atoms with E-state index in [0.717, 1.165) is 5.75 Å². The topological polar surface area (TPSA) is 72.7 Å². The number of hydrogen-bond donors (Lipinski definition) is 0. The van der Waals surface area contributed by atoms with Crippen molar-refractivity contribution in [2.45, 2.75) is 0 Å². The van der Waals surface area contributed by atoms with Crippen LogP contribution in [-0.4, -0.2) is 39.0 Å². The van der Waals surface area contributed by atoms with Crippen molar-refractivity contribution in [1.29, 1.82) is 0 Å². The molecule has 100 valence electrons. The number of carbonyl (C=O) groups is 1. The molecule has 0 spiro atoms. The molecule has 0 aromatic heterocycles. The van der Waals surface area contributed by atoms with E-state index in [1.807, 2.05) is 0 Å². The quantitative estimate of drug-likeness (QED) is 0.480. The number of benzene rings is 1. The van der Waals surface area contributed by atoms with E-state index in [4.69, 9.17) is 17.0 Å². The molecule has 1 aromatic rings. The highest BCUT2D eigenvalue weighted by atomic mass is 32.2. The van der Waals surface area contributed by atoms with E-state index in [0.29, 0.717) is 16.6 Å². The number of non-ortho nitro benzene ring substituents is 1. The molecule has 2 rings (SSSR count). The Kier molecular flexibility index (Phi) is 4.33. The average Bonchev–Trinajstić information content (AvgIpc) is 2.83. The zero-order chi connectivity index (χ0) is 13.8. The van der Waals surface area contributed by atoms with Crippen LogP contribution in [0.4, 0.5) is 5.69 Å². The van der Waals surface area contributed by atoms with Crippen LogP contribution in [0.5, 0.6) is 5.75 Å². The summed E-state index contributed by atoms with van der Waals surface area (Å²) in [6, 6.07) is 5.58. The van der Waals surface area contributed by atoms with E-state index >= 15 is 0 Å². The fourth-order valence-corrected chi connectivity index (χ4v) is 2.75. The Bertz CT molecular complexity index is 518. The molecule has 8 heteroatoms. The van der Waals surface area contributed by atoms with Crippen LogP contribution in [0.1, 0.15) is 0 Å². The molecule has 1 aliphatic rings. The number of nitrogens with zero attached hydrogens (tertiary/aromatic N) is 2. The lowest BCUT2D eigenvalue weighted by atomic mass is 10.3. The summed E-state index contributed by atoms with van der Waals surface area (Å²) in [5.74, 6) is 1.02. The molecule has 0 bridgehead atoms. The fraction of sp³-hybridized carbons (Fsp3) is 0.273. The van der Waals surface area contributed by atoms with Gasteiger partial charge in [-0.1, -0.05) is 24.0 Å². The molecule has 0 aliphatic carbocycles. The molecule has 1 amide bonds. The third-order valence-electron chi connectivity index (χ3n) is 2.47. The summed E-state index contributed by atoms with van der Waals surface area (Å²) in [7, 11) is 0. The van der Waals surface area contributed by atoms with Crippen molar-refractivity contribution in [2.75, 3.05) is 18.9 Å². The molecule has 0 unspecified atom stereocenters. The number of nitro benzene ring substituents is 1. The van der Waals surface area contributed by atoms with Gasteiger partial charge in [0.05, 0.1) is 4.92 Å². The summed E-state index contributed by atoms with van der Waals surface area (Å²) < 4.78 is 5.85. The van der Waals surface area contributed by atoms with E-state index < -0.39 is 4.92 Å². The normalized spacial score (nSPS) is 14.5. The first-order valence-electron chi connectivity index (χ1n) is 5.42. The third kappa shape index (κ3) is 3.42. The van der Waals surface area contributed by atoms with Crippen molar-refractivity contribution >= 4 is 39.9 Å². The molecular weight excluding hydrogens is 288 g/mol. The summed E-state index contributed by atoms with van der Waals surface area (Å²) in [4.78, 5) is 23.3. The van der Waals surface area contributed by atoms with Crippen LogP contribution in [0.15, 0.2) is 24.3 Å². The van der Waals surface area contributed by atoms with Crippen LogP contribution in [0.2, 0.25) is 0 Å². The van der Waals surface area contributed by atoms with Gasteiger partial charge in [-0.2, -0.15) is 0 Å². The standard InChI is InChI=1S/C11H10N2O4S2/c14-10(12-5-6-19-11(12)18)7-17-9-3-1-8(2-4-9)13(15)16/h1-4H,5-7H2. The molecule has 1 heterocycles. The Hall–Kier alpha value is -1.67. The number of amides is 1. The summed E-state index contributed by atoms with van der Waals surface area (Å²) in [5.41, 5.74) is -0.0178. The maximum absolute atomic E-state index is 11.8. The zero-order valence-electron chi connectivity index (χ0n) is 9.77.